The molecule has 3 fully saturated rings. The second-order valence-corrected chi connectivity index (χ2v) is 7.60. The summed E-state index contributed by atoms with van der Waals surface area (Å²) >= 11 is 5.88. The lowest BCUT2D eigenvalue weighted by Crippen LogP contribution is -2.69. The summed E-state index contributed by atoms with van der Waals surface area (Å²) < 4.78 is 5.35. The van der Waals surface area contributed by atoms with Gasteiger partial charge < -0.3 is 9.73 Å². The Morgan fingerprint density at radius 2 is 2.00 bits per heavy atom. The van der Waals surface area contributed by atoms with Crippen molar-refractivity contribution >= 4 is 40.9 Å². The average Bonchev–Trinajstić information content (AvgIpc) is 2.90. The molecule has 3 saturated heterocycles. The number of carbonyl (C=O) groups is 1. The average molecular weight is 369 g/mol. The van der Waals surface area contributed by atoms with E-state index in [9.17, 15) is 4.79 Å². The Bertz CT molecular complexity index is 763. The number of halogens is 2. The van der Waals surface area contributed by atoms with E-state index in [0.717, 1.165) is 18.5 Å². The summed E-state index contributed by atoms with van der Waals surface area (Å²) in [4.78, 5) is 15.2. The molecule has 6 heteroatoms. The third kappa shape index (κ3) is 2.81. The first-order valence-electron chi connectivity index (χ1n) is 8.20. The molecule has 1 aromatic heterocycles. The monoisotopic (exact) mass is 368 g/mol. The summed E-state index contributed by atoms with van der Waals surface area (Å²) in [6.45, 7) is 6.76. The van der Waals surface area contributed by atoms with Crippen molar-refractivity contribution in [1.82, 2.24) is 10.2 Å². The van der Waals surface area contributed by atoms with Gasteiger partial charge in [0.1, 0.15) is 5.58 Å². The quantitative estimate of drug-likeness (QED) is 0.867. The first-order valence-corrected chi connectivity index (χ1v) is 8.58. The van der Waals surface area contributed by atoms with Crippen molar-refractivity contribution in [2.24, 2.45) is 5.92 Å². The van der Waals surface area contributed by atoms with Crippen molar-refractivity contribution < 1.29 is 9.21 Å². The van der Waals surface area contributed by atoms with Crippen molar-refractivity contribution in [2.75, 3.05) is 13.1 Å². The van der Waals surface area contributed by atoms with Gasteiger partial charge in [-0.05, 0) is 75.5 Å². The van der Waals surface area contributed by atoms with Gasteiger partial charge in [-0.25, -0.2) is 0 Å². The van der Waals surface area contributed by atoms with E-state index in [4.69, 9.17) is 16.0 Å². The molecule has 2 aromatic rings. The van der Waals surface area contributed by atoms with Crippen molar-refractivity contribution in [3.8, 4) is 0 Å². The van der Waals surface area contributed by atoms with Gasteiger partial charge in [0, 0.05) is 28.6 Å². The molecule has 2 bridgehead atoms. The van der Waals surface area contributed by atoms with Gasteiger partial charge in [0.2, 0.25) is 0 Å². The fourth-order valence-electron chi connectivity index (χ4n) is 4.25. The molecule has 3 aliphatic rings. The zero-order chi connectivity index (χ0) is 16.2. The SMILES string of the molecule is CC1(C)C(NC(=O)c2ccc3oc(Cl)cc3c2)C2CCN1CC2.Cl. The van der Waals surface area contributed by atoms with E-state index in [1.807, 2.05) is 6.07 Å². The van der Waals surface area contributed by atoms with Crippen molar-refractivity contribution in [3.63, 3.8) is 0 Å². The molecular formula is C18H22Cl2N2O2. The molecule has 5 rings (SSSR count). The van der Waals surface area contributed by atoms with Gasteiger partial charge in [-0.15, -0.1) is 12.4 Å². The molecule has 24 heavy (non-hydrogen) atoms. The lowest BCUT2D eigenvalue weighted by atomic mass is 9.72. The molecule has 0 spiro atoms. The maximum absolute atomic E-state index is 12.7. The number of carbonyl (C=O) groups excluding carboxylic acids is 1. The maximum Gasteiger partial charge on any atom is 0.251 e. The van der Waals surface area contributed by atoms with Crippen LogP contribution in [0.3, 0.4) is 0 Å². The van der Waals surface area contributed by atoms with E-state index < -0.39 is 0 Å². The number of benzene rings is 1. The fourth-order valence-corrected chi connectivity index (χ4v) is 4.45. The number of nitrogens with one attached hydrogen (secondary N) is 1. The van der Waals surface area contributed by atoms with Crippen LogP contribution < -0.4 is 5.32 Å². The van der Waals surface area contributed by atoms with Crippen LogP contribution in [0.2, 0.25) is 5.22 Å². The number of hydrogen-bond acceptors (Lipinski definition) is 3. The summed E-state index contributed by atoms with van der Waals surface area (Å²) in [5.74, 6) is 0.557. The molecule has 0 saturated carbocycles. The number of amides is 1. The van der Waals surface area contributed by atoms with Crippen LogP contribution in [0.25, 0.3) is 11.0 Å². The van der Waals surface area contributed by atoms with E-state index in [1.165, 1.54) is 12.8 Å². The zero-order valence-electron chi connectivity index (χ0n) is 13.8. The van der Waals surface area contributed by atoms with Crippen molar-refractivity contribution in [3.05, 3.63) is 35.0 Å². The molecule has 4 nitrogen and oxygen atoms in total. The van der Waals surface area contributed by atoms with Crippen LogP contribution in [0.1, 0.15) is 37.0 Å². The summed E-state index contributed by atoms with van der Waals surface area (Å²) in [5, 5.41) is 4.48. The van der Waals surface area contributed by atoms with Gasteiger partial charge in [-0.3, -0.25) is 9.69 Å². The first kappa shape index (κ1) is 17.6. The van der Waals surface area contributed by atoms with Crippen molar-refractivity contribution in [2.45, 2.75) is 38.3 Å². The summed E-state index contributed by atoms with van der Waals surface area (Å²) in [7, 11) is 0. The predicted octanol–water partition coefficient (Wildman–Crippen LogP) is 4.11. The highest BCUT2D eigenvalue weighted by Crippen LogP contribution is 2.39. The van der Waals surface area contributed by atoms with Crippen LogP contribution in [-0.2, 0) is 0 Å². The standard InChI is InChI=1S/C18H21ClN2O2.ClH/c1-18(2)16(11-5-7-21(18)8-6-11)20-17(22)12-3-4-14-13(9-12)10-15(19)23-14;/h3-4,9-11,16H,5-8H2,1-2H3,(H,20,22);1H. The van der Waals surface area contributed by atoms with Crippen LogP contribution in [0.4, 0.5) is 0 Å². The molecule has 1 unspecified atom stereocenters. The number of piperidine rings is 3. The minimum atomic E-state index is -0.0175. The molecule has 1 N–H and O–H groups in total. The lowest BCUT2D eigenvalue weighted by Gasteiger charge is -2.56. The molecule has 1 aromatic carbocycles. The Balaban J connectivity index is 0.00000169. The highest BCUT2D eigenvalue weighted by atomic mass is 35.5. The summed E-state index contributed by atoms with van der Waals surface area (Å²) in [6, 6.07) is 7.38. The highest BCUT2D eigenvalue weighted by Gasteiger charge is 2.48. The van der Waals surface area contributed by atoms with Crippen LogP contribution >= 0.6 is 24.0 Å². The normalized spacial score (nSPS) is 27.7. The van der Waals surface area contributed by atoms with Gasteiger partial charge in [0.25, 0.3) is 5.91 Å². The molecule has 0 aliphatic carbocycles. The van der Waals surface area contributed by atoms with Crippen LogP contribution in [-0.4, -0.2) is 35.5 Å². The second-order valence-electron chi connectivity index (χ2n) is 7.23. The van der Waals surface area contributed by atoms with Crippen molar-refractivity contribution in [1.29, 1.82) is 0 Å². The highest BCUT2D eigenvalue weighted by molar-refractivity contribution is 6.29. The van der Waals surface area contributed by atoms with E-state index in [-0.39, 0.29) is 29.9 Å². The van der Waals surface area contributed by atoms with E-state index in [1.54, 1.807) is 18.2 Å². The van der Waals surface area contributed by atoms with Gasteiger partial charge in [0.05, 0.1) is 0 Å². The Kier molecular flexibility index (Phi) is 4.58. The Morgan fingerprint density at radius 1 is 1.29 bits per heavy atom. The van der Waals surface area contributed by atoms with Gasteiger partial charge in [-0.2, -0.15) is 0 Å². The third-order valence-electron chi connectivity index (χ3n) is 5.62. The predicted molar refractivity (Wildman–Crippen MR) is 98.1 cm³/mol. The maximum atomic E-state index is 12.7. The molecule has 0 radical (unpaired) electrons. The first-order chi connectivity index (χ1) is 10.9. The Hall–Kier alpha value is -1.23. The number of nitrogens with zero attached hydrogens (tertiary/aromatic N) is 1. The third-order valence-corrected chi connectivity index (χ3v) is 5.81. The van der Waals surface area contributed by atoms with Gasteiger partial charge in [0.15, 0.2) is 5.22 Å². The van der Waals surface area contributed by atoms with Crippen LogP contribution in [0.5, 0.6) is 0 Å². The number of hydrogen-bond donors (Lipinski definition) is 1. The number of furan rings is 1. The second kappa shape index (κ2) is 6.25. The topological polar surface area (TPSA) is 45.5 Å². The number of rotatable bonds is 2. The molecule has 1 atom stereocenters. The molecular weight excluding hydrogens is 347 g/mol. The zero-order valence-corrected chi connectivity index (χ0v) is 15.4. The molecule has 3 aliphatic heterocycles. The summed E-state index contributed by atoms with van der Waals surface area (Å²) in [6.07, 6.45) is 2.34. The minimum absolute atomic E-state index is 0. The molecule has 4 heterocycles. The fraction of sp³-hybridized carbons (Fsp3) is 0.500. The van der Waals surface area contributed by atoms with Gasteiger partial charge in [-0.1, -0.05) is 0 Å². The van der Waals surface area contributed by atoms with Gasteiger partial charge >= 0.3 is 0 Å². The smallest absolute Gasteiger partial charge is 0.251 e. The van der Waals surface area contributed by atoms with Crippen LogP contribution in [0.15, 0.2) is 28.7 Å². The molecule has 130 valence electrons. The van der Waals surface area contributed by atoms with E-state index in [0.29, 0.717) is 22.3 Å². The lowest BCUT2D eigenvalue weighted by molar-refractivity contribution is -0.0378. The van der Waals surface area contributed by atoms with E-state index >= 15 is 0 Å². The Labute approximate surface area is 152 Å². The minimum Gasteiger partial charge on any atom is -0.445 e. The number of fused-ring (bicyclic) bond motifs is 4. The van der Waals surface area contributed by atoms with E-state index in [2.05, 4.69) is 24.1 Å². The Morgan fingerprint density at radius 3 is 2.67 bits per heavy atom. The molecule has 1 amide bonds. The summed E-state index contributed by atoms with van der Waals surface area (Å²) in [5.41, 5.74) is 1.37. The van der Waals surface area contributed by atoms with Crippen LogP contribution in [0, 0.1) is 5.92 Å². The largest absolute Gasteiger partial charge is 0.445 e.